The second-order valence-electron chi connectivity index (χ2n) is 5.55. The van der Waals surface area contributed by atoms with Crippen molar-refractivity contribution in [1.82, 2.24) is 10.2 Å². The van der Waals surface area contributed by atoms with E-state index in [9.17, 15) is 14.7 Å². The largest absolute Gasteiger partial charge is 0.497 e. The summed E-state index contributed by atoms with van der Waals surface area (Å²) in [4.78, 5) is 26.2. The van der Waals surface area contributed by atoms with E-state index >= 15 is 0 Å². The topological polar surface area (TPSA) is 78.9 Å². The molecule has 6 heteroatoms. The minimum atomic E-state index is -0.363. The molecule has 1 saturated heterocycles. The lowest BCUT2D eigenvalue weighted by Gasteiger charge is -2.18. The zero-order chi connectivity index (χ0) is 16.3. The van der Waals surface area contributed by atoms with Gasteiger partial charge in [0.1, 0.15) is 5.75 Å². The lowest BCUT2D eigenvalue weighted by molar-refractivity contribution is -0.125. The first-order chi connectivity index (χ1) is 10.5. The Balaban J connectivity index is 2.18. The van der Waals surface area contributed by atoms with Gasteiger partial charge in [0, 0.05) is 38.2 Å². The standard InChI is InChI=1S/C16H22N2O4/c1-10-6-12(22-3)4-5-13(10)16(21)18-7-11(9-19)14(8-18)15(20)17-2/h4-6,11,14,19H,7-9H2,1-3H3,(H,17,20)/t11-,14+/m0/s1. The van der Waals surface area contributed by atoms with Crippen molar-refractivity contribution in [3.05, 3.63) is 29.3 Å². The third-order valence-corrected chi connectivity index (χ3v) is 4.21. The summed E-state index contributed by atoms with van der Waals surface area (Å²) in [6, 6.07) is 5.29. The molecular weight excluding hydrogens is 284 g/mol. The number of rotatable bonds is 4. The van der Waals surface area contributed by atoms with E-state index in [1.165, 1.54) is 0 Å². The Morgan fingerprint density at radius 2 is 2.14 bits per heavy atom. The summed E-state index contributed by atoms with van der Waals surface area (Å²) in [5, 5.41) is 12.0. The van der Waals surface area contributed by atoms with Gasteiger partial charge in [0.05, 0.1) is 13.0 Å². The molecule has 0 saturated carbocycles. The van der Waals surface area contributed by atoms with Crippen LogP contribution >= 0.6 is 0 Å². The van der Waals surface area contributed by atoms with E-state index in [-0.39, 0.29) is 30.3 Å². The van der Waals surface area contributed by atoms with Gasteiger partial charge >= 0.3 is 0 Å². The molecule has 1 fully saturated rings. The number of amides is 2. The molecule has 1 aliphatic heterocycles. The van der Waals surface area contributed by atoms with Crippen LogP contribution in [0.3, 0.4) is 0 Å². The lowest BCUT2D eigenvalue weighted by atomic mass is 9.96. The van der Waals surface area contributed by atoms with Gasteiger partial charge in [-0.15, -0.1) is 0 Å². The van der Waals surface area contributed by atoms with Crippen LogP contribution in [0.1, 0.15) is 15.9 Å². The molecule has 0 bridgehead atoms. The van der Waals surface area contributed by atoms with Crippen LogP contribution in [0, 0.1) is 18.8 Å². The average molecular weight is 306 g/mol. The van der Waals surface area contributed by atoms with Gasteiger partial charge in [-0.3, -0.25) is 9.59 Å². The van der Waals surface area contributed by atoms with Crippen LogP contribution in [0.15, 0.2) is 18.2 Å². The third-order valence-electron chi connectivity index (χ3n) is 4.21. The fraction of sp³-hybridized carbons (Fsp3) is 0.500. The normalized spacial score (nSPS) is 20.8. The van der Waals surface area contributed by atoms with Gasteiger partial charge in [0.25, 0.3) is 5.91 Å². The van der Waals surface area contributed by atoms with E-state index in [1.807, 2.05) is 13.0 Å². The Morgan fingerprint density at radius 1 is 1.41 bits per heavy atom. The number of carbonyl (C=O) groups excluding carboxylic acids is 2. The highest BCUT2D eigenvalue weighted by molar-refractivity contribution is 5.96. The number of carbonyl (C=O) groups is 2. The van der Waals surface area contributed by atoms with Crippen molar-refractivity contribution >= 4 is 11.8 Å². The van der Waals surface area contributed by atoms with Gasteiger partial charge in [-0.1, -0.05) is 0 Å². The number of nitrogens with one attached hydrogen (secondary N) is 1. The van der Waals surface area contributed by atoms with Gasteiger partial charge < -0.3 is 20.1 Å². The fourth-order valence-electron chi connectivity index (χ4n) is 2.88. The Hall–Kier alpha value is -2.08. The van der Waals surface area contributed by atoms with Crippen LogP contribution in [-0.2, 0) is 4.79 Å². The third kappa shape index (κ3) is 3.06. The van der Waals surface area contributed by atoms with Crippen molar-refractivity contribution < 1.29 is 19.4 Å². The minimum Gasteiger partial charge on any atom is -0.497 e. The molecule has 6 nitrogen and oxygen atoms in total. The number of ether oxygens (including phenoxy) is 1. The van der Waals surface area contributed by atoms with Crippen molar-refractivity contribution in [2.24, 2.45) is 11.8 Å². The summed E-state index contributed by atoms with van der Waals surface area (Å²) in [6.07, 6.45) is 0. The maximum absolute atomic E-state index is 12.7. The van der Waals surface area contributed by atoms with Crippen LogP contribution in [0.25, 0.3) is 0 Å². The molecule has 2 amide bonds. The molecule has 1 aliphatic rings. The van der Waals surface area contributed by atoms with Crippen LogP contribution in [0.2, 0.25) is 0 Å². The minimum absolute atomic E-state index is 0.108. The average Bonchev–Trinajstić information content (AvgIpc) is 2.97. The number of hydrogen-bond acceptors (Lipinski definition) is 4. The van der Waals surface area contributed by atoms with E-state index < -0.39 is 0 Å². The fourth-order valence-corrected chi connectivity index (χ4v) is 2.88. The molecule has 1 aromatic carbocycles. The molecule has 1 heterocycles. The molecule has 2 atom stereocenters. The van der Waals surface area contributed by atoms with Crippen molar-refractivity contribution in [1.29, 1.82) is 0 Å². The number of hydrogen-bond donors (Lipinski definition) is 2. The number of aliphatic hydroxyl groups excluding tert-OH is 1. The first kappa shape index (κ1) is 16.3. The maximum atomic E-state index is 12.7. The number of methoxy groups -OCH3 is 1. The zero-order valence-corrected chi connectivity index (χ0v) is 13.1. The highest BCUT2D eigenvalue weighted by Gasteiger charge is 2.39. The first-order valence-corrected chi connectivity index (χ1v) is 7.28. The molecule has 0 aromatic heterocycles. The Labute approximate surface area is 130 Å². The van der Waals surface area contributed by atoms with Crippen LogP contribution in [0.5, 0.6) is 5.75 Å². The zero-order valence-electron chi connectivity index (χ0n) is 13.1. The predicted octanol–water partition coefficient (Wildman–Crippen LogP) is 0.430. The molecule has 1 aromatic rings. The van der Waals surface area contributed by atoms with Gasteiger partial charge in [0.15, 0.2) is 0 Å². The molecule has 2 N–H and O–H groups in total. The number of aryl methyl sites for hydroxylation is 1. The summed E-state index contributed by atoms with van der Waals surface area (Å²) in [7, 11) is 3.14. The number of likely N-dealkylation sites (tertiary alicyclic amines) is 1. The molecule has 0 unspecified atom stereocenters. The quantitative estimate of drug-likeness (QED) is 0.845. The van der Waals surface area contributed by atoms with Crippen molar-refractivity contribution in [3.63, 3.8) is 0 Å². The number of benzene rings is 1. The van der Waals surface area contributed by atoms with Crippen LogP contribution in [-0.4, -0.2) is 55.7 Å². The number of nitrogens with zero attached hydrogens (tertiary/aromatic N) is 1. The Bertz CT molecular complexity index is 573. The van der Waals surface area contributed by atoms with E-state index in [4.69, 9.17) is 4.74 Å². The van der Waals surface area contributed by atoms with E-state index in [2.05, 4.69) is 5.32 Å². The number of aliphatic hydroxyl groups is 1. The summed E-state index contributed by atoms with van der Waals surface area (Å²) in [5.41, 5.74) is 1.42. The monoisotopic (exact) mass is 306 g/mol. The first-order valence-electron chi connectivity index (χ1n) is 7.28. The summed E-state index contributed by atoms with van der Waals surface area (Å²) < 4.78 is 5.14. The molecule has 22 heavy (non-hydrogen) atoms. The smallest absolute Gasteiger partial charge is 0.254 e. The molecule has 120 valence electrons. The van der Waals surface area contributed by atoms with Crippen LogP contribution in [0.4, 0.5) is 0 Å². The SMILES string of the molecule is CNC(=O)[C@@H]1CN(C(=O)c2ccc(OC)cc2C)C[C@H]1CO. The van der Waals surface area contributed by atoms with Gasteiger partial charge in [0.2, 0.25) is 5.91 Å². The highest BCUT2D eigenvalue weighted by atomic mass is 16.5. The molecular formula is C16H22N2O4. The second-order valence-corrected chi connectivity index (χ2v) is 5.55. The highest BCUT2D eigenvalue weighted by Crippen LogP contribution is 2.26. The Morgan fingerprint density at radius 3 is 2.68 bits per heavy atom. The maximum Gasteiger partial charge on any atom is 0.254 e. The van der Waals surface area contributed by atoms with Crippen molar-refractivity contribution in [2.45, 2.75) is 6.92 Å². The van der Waals surface area contributed by atoms with Gasteiger partial charge in [-0.25, -0.2) is 0 Å². The molecule has 0 radical (unpaired) electrons. The molecule has 0 aliphatic carbocycles. The molecule has 2 rings (SSSR count). The van der Waals surface area contributed by atoms with E-state index in [0.717, 1.165) is 5.56 Å². The van der Waals surface area contributed by atoms with Crippen LogP contribution < -0.4 is 10.1 Å². The van der Waals surface area contributed by atoms with Crippen molar-refractivity contribution in [3.8, 4) is 5.75 Å². The Kier molecular flexibility index (Phi) is 5.03. The van der Waals surface area contributed by atoms with E-state index in [1.54, 1.807) is 31.2 Å². The summed E-state index contributed by atoms with van der Waals surface area (Å²) >= 11 is 0. The predicted molar refractivity (Wildman–Crippen MR) is 81.8 cm³/mol. The van der Waals surface area contributed by atoms with Gasteiger partial charge in [-0.2, -0.15) is 0 Å². The molecule has 0 spiro atoms. The van der Waals surface area contributed by atoms with Gasteiger partial charge in [-0.05, 0) is 30.7 Å². The van der Waals surface area contributed by atoms with E-state index in [0.29, 0.717) is 24.4 Å². The summed E-state index contributed by atoms with van der Waals surface area (Å²) in [6.45, 7) is 2.46. The summed E-state index contributed by atoms with van der Waals surface area (Å²) in [5.74, 6) is -0.141. The second kappa shape index (κ2) is 6.79. The van der Waals surface area contributed by atoms with Crippen molar-refractivity contribution in [2.75, 3.05) is 33.9 Å². The lowest BCUT2D eigenvalue weighted by Crippen LogP contribution is -2.34.